The lowest BCUT2D eigenvalue weighted by Crippen LogP contribution is -2.63. The van der Waals surface area contributed by atoms with Crippen LogP contribution in [0.2, 0.25) is 0 Å². The van der Waals surface area contributed by atoms with Gasteiger partial charge in [-0.2, -0.15) is 0 Å². The summed E-state index contributed by atoms with van der Waals surface area (Å²) < 4.78 is 0. The van der Waals surface area contributed by atoms with Crippen molar-refractivity contribution in [2.75, 3.05) is 0 Å². The Balaban J connectivity index is 1.52. The van der Waals surface area contributed by atoms with Gasteiger partial charge in [-0.25, -0.2) is 0 Å². The molecule has 2 N–H and O–H groups in total. The van der Waals surface area contributed by atoms with Crippen LogP contribution in [0.1, 0.15) is 57.3 Å². The molecule has 4 fully saturated rings. The Morgan fingerprint density at radius 2 is 1.92 bits per heavy atom. The van der Waals surface area contributed by atoms with Crippen LogP contribution in [-0.2, 0) is 10.2 Å². The first-order valence-corrected chi connectivity index (χ1v) is 9.24. The fourth-order valence-electron chi connectivity index (χ4n) is 5.56. The number of hydrogen-bond acceptors (Lipinski definition) is 3. The van der Waals surface area contributed by atoms with Crippen molar-refractivity contribution >= 4 is 5.91 Å². The van der Waals surface area contributed by atoms with E-state index in [0.717, 1.165) is 43.5 Å². The number of nitrogens with zero attached hydrogens (tertiary/aromatic N) is 1. The molecule has 5 rings (SSSR count). The molecule has 1 amide bonds. The lowest BCUT2D eigenvalue weighted by Gasteiger charge is -2.58. The van der Waals surface area contributed by atoms with Gasteiger partial charge in [0, 0.05) is 11.7 Å². The lowest BCUT2D eigenvalue weighted by molar-refractivity contribution is -0.148. The molecule has 0 radical (unpaired) electrons. The predicted molar refractivity (Wildman–Crippen MR) is 92.4 cm³/mol. The minimum absolute atomic E-state index is 0.0602. The van der Waals surface area contributed by atoms with Gasteiger partial charge in [0.15, 0.2) is 0 Å². The Labute approximate surface area is 144 Å². The quantitative estimate of drug-likeness (QED) is 0.897. The Morgan fingerprint density at radius 1 is 1.25 bits per heavy atom. The molecule has 1 aromatic heterocycles. The van der Waals surface area contributed by atoms with Crippen LogP contribution in [0.5, 0.6) is 0 Å². The second-order valence-electron chi connectivity index (χ2n) is 8.98. The minimum atomic E-state index is -0.641. The van der Waals surface area contributed by atoms with Crippen LogP contribution in [0.25, 0.3) is 0 Å². The average Bonchev–Trinajstić information content (AvgIpc) is 2.49. The van der Waals surface area contributed by atoms with Crippen LogP contribution in [0, 0.1) is 24.7 Å². The standard InChI is InChI=1S/C20H28N2O2/c1-12-5-4-6-16(21-12)19(2,3)18(23)22-17-14-7-13-8-15(17)11-20(24,9-13)10-14/h4-6,13-15,17,24H,7-11H2,1-3H3,(H,22,23)/t13?,14-,15+,17?,20?. The van der Waals surface area contributed by atoms with Gasteiger partial charge in [-0.15, -0.1) is 0 Å². The van der Waals surface area contributed by atoms with Crippen LogP contribution >= 0.6 is 0 Å². The number of nitrogens with one attached hydrogen (secondary N) is 1. The minimum Gasteiger partial charge on any atom is -0.390 e. The first kappa shape index (κ1) is 16.1. The molecule has 4 aliphatic rings. The van der Waals surface area contributed by atoms with Crippen molar-refractivity contribution in [3.63, 3.8) is 0 Å². The molecule has 4 bridgehead atoms. The molecule has 4 nitrogen and oxygen atoms in total. The maximum Gasteiger partial charge on any atom is 0.231 e. The number of amides is 1. The van der Waals surface area contributed by atoms with Crippen LogP contribution in [0.3, 0.4) is 0 Å². The summed E-state index contributed by atoms with van der Waals surface area (Å²) in [5.74, 6) is 1.59. The van der Waals surface area contributed by atoms with Crippen molar-refractivity contribution in [1.29, 1.82) is 0 Å². The van der Waals surface area contributed by atoms with Gasteiger partial charge < -0.3 is 10.4 Å². The van der Waals surface area contributed by atoms with Gasteiger partial charge >= 0.3 is 0 Å². The first-order chi connectivity index (χ1) is 11.3. The summed E-state index contributed by atoms with van der Waals surface area (Å²) in [6.07, 6.45) is 5.00. The van der Waals surface area contributed by atoms with E-state index in [1.807, 2.05) is 39.0 Å². The number of carbonyl (C=O) groups is 1. The molecular formula is C20H28N2O2. The van der Waals surface area contributed by atoms with E-state index in [-0.39, 0.29) is 11.9 Å². The van der Waals surface area contributed by atoms with Crippen molar-refractivity contribution in [3.8, 4) is 0 Å². The molecule has 0 aromatic carbocycles. The number of pyridine rings is 1. The third-order valence-electron chi connectivity index (χ3n) is 6.63. The Kier molecular flexibility index (Phi) is 3.54. The fourth-order valence-corrected chi connectivity index (χ4v) is 5.56. The highest BCUT2D eigenvalue weighted by Crippen LogP contribution is 2.55. The molecule has 0 saturated heterocycles. The molecule has 24 heavy (non-hydrogen) atoms. The lowest BCUT2D eigenvalue weighted by atomic mass is 9.52. The van der Waals surface area contributed by atoms with E-state index in [0.29, 0.717) is 17.8 Å². The van der Waals surface area contributed by atoms with Gasteiger partial charge in [0.2, 0.25) is 5.91 Å². The summed E-state index contributed by atoms with van der Waals surface area (Å²) in [6, 6.07) is 6.08. The largest absolute Gasteiger partial charge is 0.390 e. The number of carbonyl (C=O) groups excluding carboxylic acids is 1. The first-order valence-electron chi connectivity index (χ1n) is 9.24. The molecule has 1 heterocycles. The monoisotopic (exact) mass is 328 g/mol. The SMILES string of the molecule is Cc1cccc(C(C)(C)C(=O)NC2[C@@H]3CC4C[C@H]2CC(O)(C4)C3)n1. The van der Waals surface area contributed by atoms with Gasteiger partial charge in [-0.1, -0.05) is 6.07 Å². The van der Waals surface area contributed by atoms with Gasteiger partial charge in [0.05, 0.1) is 16.7 Å². The average molecular weight is 328 g/mol. The Morgan fingerprint density at radius 3 is 2.50 bits per heavy atom. The number of hydrogen-bond donors (Lipinski definition) is 2. The smallest absolute Gasteiger partial charge is 0.231 e. The highest BCUT2D eigenvalue weighted by Gasteiger charge is 2.55. The van der Waals surface area contributed by atoms with Crippen molar-refractivity contribution in [2.45, 2.75) is 69.9 Å². The number of rotatable bonds is 3. The zero-order chi connectivity index (χ0) is 17.1. The maximum absolute atomic E-state index is 13.0. The van der Waals surface area contributed by atoms with Gasteiger partial charge in [0.1, 0.15) is 0 Å². The van der Waals surface area contributed by atoms with E-state index in [4.69, 9.17) is 0 Å². The topological polar surface area (TPSA) is 62.2 Å². The van der Waals surface area contributed by atoms with E-state index >= 15 is 0 Å². The van der Waals surface area contributed by atoms with Crippen molar-refractivity contribution in [2.24, 2.45) is 17.8 Å². The van der Waals surface area contributed by atoms with Crippen molar-refractivity contribution in [3.05, 3.63) is 29.6 Å². The maximum atomic E-state index is 13.0. The summed E-state index contributed by atoms with van der Waals surface area (Å²) in [6.45, 7) is 5.86. The van der Waals surface area contributed by atoms with E-state index in [1.165, 1.54) is 0 Å². The van der Waals surface area contributed by atoms with E-state index < -0.39 is 11.0 Å². The number of aromatic nitrogens is 1. The third kappa shape index (κ3) is 2.55. The predicted octanol–water partition coefficient (Wildman–Crippen LogP) is 2.72. The van der Waals surface area contributed by atoms with Gasteiger partial charge in [-0.3, -0.25) is 9.78 Å². The number of aryl methyl sites for hydroxylation is 1. The molecule has 0 spiro atoms. The summed E-state index contributed by atoms with van der Waals surface area (Å²) in [5.41, 5.74) is 0.663. The van der Waals surface area contributed by atoms with E-state index in [1.54, 1.807) is 0 Å². The second kappa shape index (κ2) is 5.29. The van der Waals surface area contributed by atoms with Crippen LogP contribution in [0.4, 0.5) is 0 Å². The molecule has 0 aliphatic heterocycles. The molecule has 5 atom stereocenters. The van der Waals surface area contributed by atoms with E-state index in [9.17, 15) is 9.90 Å². The molecule has 4 aliphatic carbocycles. The molecule has 1 aromatic rings. The van der Waals surface area contributed by atoms with Crippen molar-refractivity contribution < 1.29 is 9.90 Å². The fraction of sp³-hybridized carbons (Fsp3) is 0.700. The highest BCUT2D eigenvalue weighted by atomic mass is 16.3. The number of aliphatic hydroxyl groups is 1. The zero-order valence-electron chi connectivity index (χ0n) is 14.9. The summed E-state index contributed by atoms with van der Waals surface area (Å²) >= 11 is 0. The molecule has 4 heteroatoms. The van der Waals surface area contributed by atoms with Crippen LogP contribution in [-0.4, -0.2) is 27.6 Å². The Hall–Kier alpha value is -1.42. The third-order valence-corrected chi connectivity index (χ3v) is 6.63. The normalized spacial score (nSPS) is 37.5. The molecular weight excluding hydrogens is 300 g/mol. The van der Waals surface area contributed by atoms with Crippen LogP contribution in [0.15, 0.2) is 18.2 Å². The van der Waals surface area contributed by atoms with Crippen LogP contribution < -0.4 is 5.32 Å². The summed E-state index contributed by atoms with van der Waals surface area (Å²) in [7, 11) is 0. The molecule has 130 valence electrons. The van der Waals surface area contributed by atoms with E-state index in [2.05, 4.69) is 10.3 Å². The zero-order valence-corrected chi connectivity index (χ0v) is 14.9. The summed E-state index contributed by atoms with van der Waals surface area (Å²) in [4.78, 5) is 17.6. The Bertz CT molecular complexity index is 653. The molecule has 4 saturated carbocycles. The molecule has 3 unspecified atom stereocenters. The second-order valence-corrected chi connectivity index (χ2v) is 8.98. The summed E-state index contributed by atoms with van der Waals surface area (Å²) in [5, 5.41) is 14.0. The van der Waals surface area contributed by atoms with Gasteiger partial charge in [0.25, 0.3) is 0 Å². The van der Waals surface area contributed by atoms with Gasteiger partial charge in [-0.05, 0) is 82.8 Å². The highest BCUT2D eigenvalue weighted by molar-refractivity contribution is 5.87. The van der Waals surface area contributed by atoms with Crippen molar-refractivity contribution in [1.82, 2.24) is 10.3 Å².